The normalized spacial score (nSPS) is 12.8. The molecule has 0 fully saturated rings. The Bertz CT molecular complexity index is 326. The zero-order chi connectivity index (χ0) is 12.7. The number of aromatic nitrogens is 1. The zero-order valence-corrected chi connectivity index (χ0v) is 11.4. The van der Waals surface area contributed by atoms with Gasteiger partial charge in [0.15, 0.2) is 0 Å². The second-order valence-electron chi connectivity index (χ2n) is 4.69. The van der Waals surface area contributed by atoms with E-state index in [9.17, 15) is 0 Å². The first kappa shape index (κ1) is 14.0. The molecule has 0 aliphatic heterocycles. The lowest BCUT2D eigenvalue weighted by atomic mass is 10.1. The van der Waals surface area contributed by atoms with Crippen molar-refractivity contribution in [3.05, 3.63) is 24.0 Å². The maximum absolute atomic E-state index is 5.63. The van der Waals surface area contributed by atoms with Gasteiger partial charge in [0, 0.05) is 12.2 Å². The molecule has 0 bridgehead atoms. The molecule has 1 rings (SSSR count). The van der Waals surface area contributed by atoms with Crippen LogP contribution in [0.25, 0.3) is 0 Å². The Morgan fingerprint density at radius 1 is 1.29 bits per heavy atom. The highest BCUT2D eigenvalue weighted by Crippen LogP contribution is 2.14. The topological polar surface area (TPSA) is 34.2 Å². The smallest absolute Gasteiger partial charge is 0.138 e. The molecule has 0 aromatic carbocycles. The Morgan fingerprint density at radius 3 is 2.71 bits per heavy atom. The molecule has 1 aromatic rings. The molecule has 1 atom stereocenters. The molecule has 1 heterocycles. The van der Waals surface area contributed by atoms with Crippen LogP contribution in [0.2, 0.25) is 0 Å². The van der Waals surface area contributed by atoms with Crippen molar-refractivity contribution in [3.8, 4) is 5.75 Å². The minimum absolute atomic E-state index is 0.202. The van der Waals surface area contributed by atoms with Gasteiger partial charge in [-0.3, -0.25) is 4.98 Å². The molecule has 3 heteroatoms. The molecule has 0 amide bonds. The number of hydrogen-bond acceptors (Lipinski definition) is 3. The largest absolute Gasteiger partial charge is 0.489 e. The fraction of sp³-hybridized carbons (Fsp3) is 0.643. The van der Waals surface area contributed by atoms with E-state index in [1.54, 1.807) is 6.20 Å². The zero-order valence-electron chi connectivity index (χ0n) is 11.4. The minimum Gasteiger partial charge on any atom is -0.489 e. The lowest BCUT2D eigenvalue weighted by molar-refractivity contribution is 0.241. The quantitative estimate of drug-likeness (QED) is 0.790. The highest BCUT2D eigenvalue weighted by Gasteiger charge is 2.03. The number of nitrogens with zero attached hydrogens (tertiary/aromatic N) is 1. The Balaban J connectivity index is 2.48. The van der Waals surface area contributed by atoms with E-state index < -0.39 is 0 Å². The van der Waals surface area contributed by atoms with Gasteiger partial charge in [-0.05, 0) is 51.8 Å². The average molecular weight is 236 g/mol. The molecule has 3 nitrogen and oxygen atoms in total. The molecule has 0 radical (unpaired) electrons. The van der Waals surface area contributed by atoms with Crippen molar-refractivity contribution in [3.63, 3.8) is 0 Å². The van der Waals surface area contributed by atoms with Crippen molar-refractivity contribution in [1.82, 2.24) is 10.3 Å². The fourth-order valence-electron chi connectivity index (χ4n) is 1.77. The van der Waals surface area contributed by atoms with Gasteiger partial charge in [0.25, 0.3) is 0 Å². The van der Waals surface area contributed by atoms with Crippen molar-refractivity contribution in [2.75, 3.05) is 6.54 Å². The van der Waals surface area contributed by atoms with Crippen LogP contribution in [0.1, 0.15) is 39.7 Å². The van der Waals surface area contributed by atoms with E-state index in [4.69, 9.17) is 4.74 Å². The first-order chi connectivity index (χ1) is 8.11. The minimum atomic E-state index is 0.202. The number of aryl methyl sites for hydroxylation is 1. The van der Waals surface area contributed by atoms with Crippen LogP contribution in [0, 0.1) is 0 Å². The molecular formula is C14H24N2O. The number of hydrogen-bond donors (Lipinski definition) is 1. The van der Waals surface area contributed by atoms with Crippen molar-refractivity contribution in [2.45, 2.75) is 52.7 Å². The summed E-state index contributed by atoms with van der Waals surface area (Å²) in [5, 5.41) is 3.41. The van der Waals surface area contributed by atoms with Gasteiger partial charge >= 0.3 is 0 Å². The van der Waals surface area contributed by atoms with E-state index in [0.29, 0.717) is 6.04 Å². The second-order valence-corrected chi connectivity index (χ2v) is 4.69. The Morgan fingerprint density at radius 2 is 2.06 bits per heavy atom. The Labute approximate surface area is 105 Å². The average Bonchev–Trinajstić information content (AvgIpc) is 2.26. The van der Waals surface area contributed by atoms with Gasteiger partial charge in [-0.2, -0.15) is 0 Å². The predicted molar refractivity (Wildman–Crippen MR) is 71.5 cm³/mol. The van der Waals surface area contributed by atoms with Crippen LogP contribution in [0.4, 0.5) is 0 Å². The number of rotatable bonds is 7. The SMILES string of the molecule is CCNC(C)CCc1cncc(OC(C)C)c1. The van der Waals surface area contributed by atoms with E-state index in [-0.39, 0.29) is 6.10 Å². The third-order valence-electron chi connectivity index (χ3n) is 2.56. The van der Waals surface area contributed by atoms with E-state index in [1.807, 2.05) is 20.0 Å². The molecule has 0 aliphatic carbocycles. The third kappa shape index (κ3) is 5.68. The molecular weight excluding hydrogens is 212 g/mol. The van der Waals surface area contributed by atoms with Gasteiger partial charge < -0.3 is 10.1 Å². The molecule has 0 saturated carbocycles. The van der Waals surface area contributed by atoms with Crippen molar-refractivity contribution >= 4 is 0 Å². The number of pyridine rings is 1. The van der Waals surface area contributed by atoms with Gasteiger partial charge in [0.1, 0.15) is 5.75 Å². The maximum atomic E-state index is 5.63. The molecule has 1 aromatic heterocycles. The van der Waals surface area contributed by atoms with Gasteiger partial charge in [0.2, 0.25) is 0 Å². The lowest BCUT2D eigenvalue weighted by Crippen LogP contribution is -2.25. The molecule has 1 unspecified atom stereocenters. The third-order valence-corrected chi connectivity index (χ3v) is 2.56. The van der Waals surface area contributed by atoms with Gasteiger partial charge in [-0.1, -0.05) is 6.92 Å². The predicted octanol–water partition coefficient (Wildman–Crippen LogP) is 2.80. The highest BCUT2D eigenvalue weighted by atomic mass is 16.5. The van der Waals surface area contributed by atoms with Gasteiger partial charge in [-0.15, -0.1) is 0 Å². The summed E-state index contributed by atoms with van der Waals surface area (Å²) in [6, 6.07) is 2.64. The first-order valence-corrected chi connectivity index (χ1v) is 6.45. The van der Waals surface area contributed by atoms with Crippen LogP contribution in [0.3, 0.4) is 0 Å². The number of nitrogens with one attached hydrogen (secondary N) is 1. The molecule has 0 aliphatic rings. The maximum Gasteiger partial charge on any atom is 0.138 e. The summed E-state index contributed by atoms with van der Waals surface area (Å²) in [6.07, 6.45) is 6.06. The van der Waals surface area contributed by atoms with E-state index >= 15 is 0 Å². The van der Waals surface area contributed by atoms with Crippen LogP contribution in [0.15, 0.2) is 18.5 Å². The standard InChI is InChI=1S/C14H24N2O/c1-5-16-12(4)6-7-13-8-14(10-15-9-13)17-11(2)3/h8-12,16H,5-7H2,1-4H3. The van der Waals surface area contributed by atoms with Crippen LogP contribution in [-0.4, -0.2) is 23.7 Å². The van der Waals surface area contributed by atoms with Crippen molar-refractivity contribution in [2.24, 2.45) is 0 Å². The Hall–Kier alpha value is -1.09. The summed E-state index contributed by atoms with van der Waals surface area (Å²) in [4.78, 5) is 4.22. The molecule has 17 heavy (non-hydrogen) atoms. The van der Waals surface area contributed by atoms with Crippen LogP contribution in [-0.2, 0) is 6.42 Å². The Kier molecular flexibility index (Phi) is 5.98. The fourth-order valence-corrected chi connectivity index (χ4v) is 1.77. The first-order valence-electron chi connectivity index (χ1n) is 6.45. The second kappa shape index (κ2) is 7.28. The highest BCUT2D eigenvalue weighted by molar-refractivity contribution is 5.23. The number of ether oxygens (including phenoxy) is 1. The molecule has 0 spiro atoms. The van der Waals surface area contributed by atoms with E-state index in [0.717, 1.165) is 25.1 Å². The van der Waals surface area contributed by atoms with Gasteiger partial charge in [0.05, 0.1) is 12.3 Å². The molecule has 96 valence electrons. The lowest BCUT2D eigenvalue weighted by Gasteiger charge is -2.13. The van der Waals surface area contributed by atoms with Crippen molar-refractivity contribution in [1.29, 1.82) is 0 Å². The summed E-state index contributed by atoms with van der Waals surface area (Å²) < 4.78 is 5.63. The van der Waals surface area contributed by atoms with Gasteiger partial charge in [-0.25, -0.2) is 0 Å². The van der Waals surface area contributed by atoms with E-state index in [1.165, 1.54) is 5.56 Å². The summed E-state index contributed by atoms with van der Waals surface area (Å²) >= 11 is 0. The molecule has 1 N–H and O–H groups in total. The summed E-state index contributed by atoms with van der Waals surface area (Å²) in [5.41, 5.74) is 1.24. The van der Waals surface area contributed by atoms with Crippen molar-refractivity contribution < 1.29 is 4.74 Å². The van der Waals surface area contributed by atoms with Crippen LogP contribution < -0.4 is 10.1 Å². The van der Waals surface area contributed by atoms with E-state index in [2.05, 4.69) is 30.2 Å². The summed E-state index contributed by atoms with van der Waals surface area (Å²) in [5.74, 6) is 0.869. The summed E-state index contributed by atoms with van der Waals surface area (Å²) in [6.45, 7) is 9.43. The molecule has 0 saturated heterocycles. The van der Waals surface area contributed by atoms with Crippen LogP contribution >= 0.6 is 0 Å². The monoisotopic (exact) mass is 236 g/mol. The summed E-state index contributed by atoms with van der Waals surface area (Å²) in [7, 11) is 0. The van der Waals surface area contributed by atoms with Crippen LogP contribution in [0.5, 0.6) is 5.75 Å².